The summed E-state index contributed by atoms with van der Waals surface area (Å²) in [7, 11) is 1.64. The van der Waals surface area contributed by atoms with Crippen molar-refractivity contribution < 1.29 is 14.2 Å². The molecule has 28 heavy (non-hydrogen) atoms. The van der Waals surface area contributed by atoms with Crippen LogP contribution >= 0.6 is 0 Å². The van der Waals surface area contributed by atoms with E-state index < -0.39 is 0 Å². The lowest BCUT2D eigenvalue weighted by Gasteiger charge is -2.13. The fourth-order valence-electron chi connectivity index (χ4n) is 3.01. The molecule has 0 aliphatic carbocycles. The summed E-state index contributed by atoms with van der Waals surface area (Å²) in [5.41, 5.74) is 2.97. The minimum Gasteiger partial charge on any atom is -0.493 e. The molecule has 0 unspecified atom stereocenters. The van der Waals surface area contributed by atoms with Gasteiger partial charge in [-0.25, -0.2) is 0 Å². The number of ether oxygens (including phenoxy) is 3. The molecule has 0 saturated heterocycles. The number of rotatable bonds is 7. The lowest BCUT2D eigenvalue weighted by molar-refractivity contribution is 0.282. The zero-order valence-corrected chi connectivity index (χ0v) is 15.7. The summed E-state index contributed by atoms with van der Waals surface area (Å²) < 4.78 is 17.4. The van der Waals surface area contributed by atoms with Crippen LogP contribution in [-0.4, -0.2) is 12.1 Å². The van der Waals surface area contributed by atoms with Gasteiger partial charge in [-0.15, -0.1) is 0 Å². The first-order valence-electron chi connectivity index (χ1n) is 9.13. The maximum atomic E-state index is 6.02. The molecule has 4 aromatic rings. The Morgan fingerprint density at radius 2 is 1.46 bits per heavy atom. The van der Waals surface area contributed by atoms with Crippen LogP contribution in [0.2, 0.25) is 0 Å². The quantitative estimate of drug-likeness (QED) is 0.436. The normalized spacial score (nSPS) is 10.6. The second kappa shape index (κ2) is 8.44. The molecular formula is C24H21NO3. The van der Waals surface area contributed by atoms with E-state index in [0.717, 1.165) is 27.8 Å². The predicted octanol–water partition coefficient (Wildman–Crippen LogP) is 5.40. The molecular weight excluding hydrogens is 350 g/mol. The van der Waals surface area contributed by atoms with Crippen LogP contribution in [0.5, 0.6) is 17.2 Å². The van der Waals surface area contributed by atoms with E-state index in [1.807, 2.05) is 78.9 Å². The van der Waals surface area contributed by atoms with Crippen molar-refractivity contribution in [2.24, 2.45) is 0 Å². The van der Waals surface area contributed by atoms with Crippen LogP contribution < -0.4 is 14.2 Å². The van der Waals surface area contributed by atoms with Crippen LogP contribution in [-0.2, 0) is 13.2 Å². The molecule has 1 heterocycles. The van der Waals surface area contributed by atoms with Gasteiger partial charge in [-0.3, -0.25) is 4.98 Å². The molecule has 0 fully saturated rings. The van der Waals surface area contributed by atoms with E-state index in [1.165, 1.54) is 0 Å². The van der Waals surface area contributed by atoms with E-state index in [9.17, 15) is 0 Å². The maximum Gasteiger partial charge on any atom is 0.161 e. The number of aromatic nitrogens is 1. The van der Waals surface area contributed by atoms with E-state index in [4.69, 9.17) is 14.2 Å². The van der Waals surface area contributed by atoms with Crippen LogP contribution in [0.15, 0.2) is 85.1 Å². The first kappa shape index (κ1) is 17.9. The van der Waals surface area contributed by atoms with Crippen molar-refractivity contribution >= 4 is 10.9 Å². The Morgan fingerprint density at radius 1 is 0.679 bits per heavy atom. The second-order valence-electron chi connectivity index (χ2n) is 6.38. The number of hydrogen-bond acceptors (Lipinski definition) is 4. The van der Waals surface area contributed by atoms with Crippen molar-refractivity contribution in [2.75, 3.05) is 7.11 Å². The van der Waals surface area contributed by atoms with Gasteiger partial charge in [-0.1, -0.05) is 54.6 Å². The highest BCUT2D eigenvalue weighted by Crippen LogP contribution is 2.30. The molecule has 0 spiro atoms. The van der Waals surface area contributed by atoms with Crippen molar-refractivity contribution in [1.29, 1.82) is 0 Å². The molecule has 0 bridgehead atoms. The molecule has 4 nitrogen and oxygen atoms in total. The Labute approximate surface area is 164 Å². The van der Waals surface area contributed by atoms with Gasteiger partial charge in [0, 0.05) is 11.6 Å². The Kier molecular flexibility index (Phi) is 5.38. The molecule has 1 aromatic heterocycles. The van der Waals surface area contributed by atoms with Crippen LogP contribution in [0.25, 0.3) is 10.9 Å². The van der Waals surface area contributed by atoms with Gasteiger partial charge in [0.2, 0.25) is 0 Å². The second-order valence-corrected chi connectivity index (χ2v) is 6.38. The number of para-hydroxylation sites is 1. The first-order chi connectivity index (χ1) is 13.8. The molecule has 0 amide bonds. The molecule has 0 saturated carbocycles. The Hall–Kier alpha value is -3.53. The van der Waals surface area contributed by atoms with Gasteiger partial charge in [0.1, 0.15) is 24.5 Å². The molecule has 4 rings (SSSR count). The van der Waals surface area contributed by atoms with E-state index in [2.05, 4.69) is 4.98 Å². The van der Waals surface area contributed by atoms with Gasteiger partial charge < -0.3 is 14.2 Å². The molecule has 0 aliphatic heterocycles. The van der Waals surface area contributed by atoms with Crippen molar-refractivity contribution in [1.82, 2.24) is 4.98 Å². The van der Waals surface area contributed by atoms with Crippen LogP contribution in [0, 0.1) is 0 Å². The molecule has 0 radical (unpaired) electrons. The average molecular weight is 371 g/mol. The Morgan fingerprint density at radius 3 is 2.32 bits per heavy atom. The molecule has 0 aliphatic rings. The van der Waals surface area contributed by atoms with Crippen molar-refractivity contribution in [2.45, 2.75) is 13.2 Å². The highest BCUT2D eigenvalue weighted by molar-refractivity contribution is 5.84. The third kappa shape index (κ3) is 4.07. The van der Waals surface area contributed by atoms with Gasteiger partial charge in [0.15, 0.2) is 11.5 Å². The molecule has 0 atom stereocenters. The van der Waals surface area contributed by atoms with Crippen molar-refractivity contribution in [3.63, 3.8) is 0 Å². The zero-order chi connectivity index (χ0) is 19.2. The lowest BCUT2D eigenvalue weighted by atomic mass is 10.2. The fourth-order valence-corrected chi connectivity index (χ4v) is 3.01. The molecule has 140 valence electrons. The summed E-state index contributed by atoms with van der Waals surface area (Å²) in [5, 5.41) is 1.06. The van der Waals surface area contributed by atoms with Crippen LogP contribution in [0.3, 0.4) is 0 Å². The highest BCUT2D eigenvalue weighted by Gasteiger charge is 2.08. The summed E-state index contributed by atoms with van der Waals surface area (Å²) in [6.07, 6.45) is 1.77. The predicted molar refractivity (Wildman–Crippen MR) is 110 cm³/mol. The molecule has 4 heteroatoms. The third-order valence-electron chi connectivity index (χ3n) is 4.46. The number of pyridine rings is 1. The van der Waals surface area contributed by atoms with E-state index >= 15 is 0 Å². The number of methoxy groups -OCH3 is 1. The molecule has 3 aromatic carbocycles. The Balaban J connectivity index is 1.46. The number of nitrogens with zero attached hydrogens (tertiary/aromatic N) is 1. The third-order valence-corrected chi connectivity index (χ3v) is 4.46. The highest BCUT2D eigenvalue weighted by atomic mass is 16.5. The summed E-state index contributed by atoms with van der Waals surface area (Å²) in [6, 6.07) is 25.8. The minimum atomic E-state index is 0.422. The van der Waals surface area contributed by atoms with Crippen LogP contribution in [0.4, 0.5) is 0 Å². The number of fused-ring (bicyclic) bond motifs is 1. The fraction of sp³-hybridized carbons (Fsp3) is 0.125. The SMILES string of the molecule is COc1cc(COc2cccc3cccnc23)ccc1OCc1ccccc1. The lowest BCUT2D eigenvalue weighted by Crippen LogP contribution is -2.00. The van der Waals surface area contributed by atoms with E-state index in [1.54, 1.807) is 13.3 Å². The van der Waals surface area contributed by atoms with E-state index in [-0.39, 0.29) is 0 Å². The van der Waals surface area contributed by atoms with Gasteiger partial charge in [-0.2, -0.15) is 0 Å². The number of benzene rings is 3. The van der Waals surface area contributed by atoms with E-state index in [0.29, 0.717) is 24.7 Å². The van der Waals surface area contributed by atoms with Gasteiger partial charge in [-0.05, 0) is 35.4 Å². The topological polar surface area (TPSA) is 40.6 Å². The summed E-state index contributed by atoms with van der Waals surface area (Å²) in [4.78, 5) is 4.42. The summed E-state index contributed by atoms with van der Waals surface area (Å²) in [6.45, 7) is 0.916. The Bertz CT molecular complexity index is 1060. The van der Waals surface area contributed by atoms with Gasteiger partial charge in [0.25, 0.3) is 0 Å². The zero-order valence-electron chi connectivity index (χ0n) is 15.7. The summed E-state index contributed by atoms with van der Waals surface area (Å²) >= 11 is 0. The van der Waals surface area contributed by atoms with Crippen LogP contribution in [0.1, 0.15) is 11.1 Å². The molecule has 0 N–H and O–H groups in total. The maximum absolute atomic E-state index is 6.02. The van der Waals surface area contributed by atoms with Gasteiger partial charge >= 0.3 is 0 Å². The monoisotopic (exact) mass is 371 g/mol. The van der Waals surface area contributed by atoms with Crippen molar-refractivity contribution in [3.05, 3.63) is 96.2 Å². The number of hydrogen-bond donors (Lipinski definition) is 0. The summed E-state index contributed by atoms with van der Waals surface area (Å²) in [5.74, 6) is 2.16. The first-order valence-corrected chi connectivity index (χ1v) is 9.13. The van der Waals surface area contributed by atoms with Gasteiger partial charge in [0.05, 0.1) is 7.11 Å². The smallest absolute Gasteiger partial charge is 0.161 e. The minimum absolute atomic E-state index is 0.422. The average Bonchev–Trinajstić information content (AvgIpc) is 2.77. The van der Waals surface area contributed by atoms with Crippen molar-refractivity contribution in [3.8, 4) is 17.2 Å². The largest absolute Gasteiger partial charge is 0.493 e. The standard InChI is InChI=1S/C24H21NO3/c1-26-23-15-19(12-13-21(23)27-16-18-7-3-2-4-8-18)17-28-22-11-5-9-20-10-6-14-25-24(20)22/h2-15H,16-17H2,1H3.